The minimum absolute atomic E-state index is 0.127. The Kier molecular flexibility index (Phi) is 5.41. The van der Waals surface area contributed by atoms with E-state index in [4.69, 9.17) is 5.26 Å². The van der Waals surface area contributed by atoms with Crippen LogP contribution in [0.3, 0.4) is 0 Å². The first-order valence-electron chi connectivity index (χ1n) is 8.04. The maximum absolute atomic E-state index is 11.3. The molecule has 128 valence electrons. The third-order valence-corrected chi connectivity index (χ3v) is 5.13. The topological polar surface area (TPSA) is 91.0 Å². The Labute approximate surface area is 150 Å². The summed E-state index contributed by atoms with van der Waals surface area (Å²) in [5.74, 6) is 1.55. The largest absolute Gasteiger partial charge is 0.384 e. The third-order valence-electron chi connectivity index (χ3n) is 4.12. The lowest BCUT2D eigenvalue weighted by molar-refractivity contribution is -0.384. The zero-order chi connectivity index (χ0) is 17.6. The molecule has 7 heteroatoms. The fourth-order valence-electron chi connectivity index (χ4n) is 2.92. The molecule has 0 saturated heterocycles. The summed E-state index contributed by atoms with van der Waals surface area (Å²) in [7, 11) is 0. The van der Waals surface area contributed by atoms with Gasteiger partial charge in [0.15, 0.2) is 0 Å². The highest BCUT2D eigenvalue weighted by atomic mass is 32.2. The van der Waals surface area contributed by atoms with Gasteiger partial charge in [0, 0.05) is 41.9 Å². The van der Waals surface area contributed by atoms with Crippen molar-refractivity contribution in [2.45, 2.75) is 12.2 Å². The monoisotopic (exact) mass is 354 g/mol. The van der Waals surface area contributed by atoms with E-state index in [9.17, 15) is 10.1 Å². The van der Waals surface area contributed by atoms with Gasteiger partial charge in [-0.25, -0.2) is 0 Å². The molecule has 1 aliphatic rings. The first-order chi connectivity index (χ1) is 12.2. The standard InChI is InChI=1S/C18H18N4O2S/c19-11-13-3-1-2-4-14(13)12-25-10-9-21-18-15-7-8-20-16(15)5-6-17(18)22(23)24/h1-6,20-21H,7-10,12H2. The summed E-state index contributed by atoms with van der Waals surface area (Å²) in [6.07, 6.45) is 0.794. The molecule has 25 heavy (non-hydrogen) atoms. The van der Waals surface area contributed by atoms with Gasteiger partial charge in [0.05, 0.1) is 16.6 Å². The predicted molar refractivity (Wildman–Crippen MR) is 101 cm³/mol. The van der Waals surface area contributed by atoms with Crippen LogP contribution in [0.2, 0.25) is 0 Å². The predicted octanol–water partition coefficient (Wildman–Crippen LogP) is 3.78. The van der Waals surface area contributed by atoms with E-state index in [1.54, 1.807) is 23.9 Å². The van der Waals surface area contributed by atoms with Gasteiger partial charge in [0.1, 0.15) is 5.69 Å². The molecule has 2 N–H and O–H groups in total. The lowest BCUT2D eigenvalue weighted by Crippen LogP contribution is -2.08. The van der Waals surface area contributed by atoms with Gasteiger partial charge in [-0.1, -0.05) is 18.2 Å². The van der Waals surface area contributed by atoms with Crippen LogP contribution < -0.4 is 10.6 Å². The molecule has 6 nitrogen and oxygen atoms in total. The number of nitro groups is 1. The molecule has 0 saturated carbocycles. The van der Waals surface area contributed by atoms with Crippen molar-refractivity contribution in [3.8, 4) is 6.07 Å². The van der Waals surface area contributed by atoms with Crippen LogP contribution in [0.15, 0.2) is 36.4 Å². The Morgan fingerprint density at radius 1 is 1.32 bits per heavy atom. The van der Waals surface area contributed by atoms with Crippen molar-refractivity contribution < 1.29 is 4.92 Å². The second-order valence-electron chi connectivity index (χ2n) is 5.67. The highest BCUT2D eigenvalue weighted by Gasteiger charge is 2.23. The first-order valence-corrected chi connectivity index (χ1v) is 9.20. The van der Waals surface area contributed by atoms with Crippen LogP contribution in [-0.2, 0) is 12.2 Å². The molecule has 0 fully saturated rings. The highest BCUT2D eigenvalue weighted by Crippen LogP contribution is 2.36. The van der Waals surface area contributed by atoms with Crippen LogP contribution in [-0.4, -0.2) is 23.8 Å². The number of thioether (sulfide) groups is 1. The molecule has 0 atom stereocenters. The molecule has 0 bridgehead atoms. The Morgan fingerprint density at radius 2 is 2.16 bits per heavy atom. The number of fused-ring (bicyclic) bond motifs is 1. The Bertz CT molecular complexity index is 832. The highest BCUT2D eigenvalue weighted by molar-refractivity contribution is 7.98. The quantitative estimate of drug-likeness (QED) is 0.447. The number of nitrogens with zero attached hydrogens (tertiary/aromatic N) is 2. The van der Waals surface area contributed by atoms with Crippen molar-refractivity contribution in [1.29, 1.82) is 5.26 Å². The molecule has 0 amide bonds. The maximum Gasteiger partial charge on any atom is 0.292 e. The number of benzene rings is 2. The Morgan fingerprint density at radius 3 is 2.96 bits per heavy atom. The fraction of sp³-hybridized carbons (Fsp3) is 0.278. The SMILES string of the molecule is N#Cc1ccccc1CSCCNc1c([N+](=O)[O-])ccc2c1CCN2. The van der Waals surface area contributed by atoms with E-state index in [2.05, 4.69) is 16.7 Å². The van der Waals surface area contributed by atoms with E-state index in [0.29, 0.717) is 17.8 Å². The van der Waals surface area contributed by atoms with Crippen LogP contribution in [0, 0.1) is 21.4 Å². The number of nitriles is 1. The van der Waals surface area contributed by atoms with Gasteiger partial charge in [-0.2, -0.15) is 17.0 Å². The molecule has 2 aromatic carbocycles. The van der Waals surface area contributed by atoms with E-state index in [0.717, 1.165) is 41.3 Å². The van der Waals surface area contributed by atoms with Crippen LogP contribution in [0.1, 0.15) is 16.7 Å². The second kappa shape index (κ2) is 7.90. The van der Waals surface area contributed by atoms with Crippen LogP contribution in [0.25, 0.3) is 0 Å². The van der Waals surface area contributed by atoms with Crippen molar-refractivity contribution in [3.63, 3.8) is 0 Å². The fourth-order valence-corrected chi connectivity index (χ4v) is 3.78. The summed E-state index contributed by atoms with van der Waals surface area (Å²) >= 11 is 1.70. The normalized spacial score (nSPS) is 12.1. The molecule has 0 radical (unpaired) electrons. The first kappa shape index (κ1) is 17.1. The molecule has 3 rings (SSSR count). The summed E-state index contributed by atoms with van der Waals surface area (Å²) in [6.45, 7) is 1.45. The van der Waals surface area contributed by atoms with Crippen molar-refractivity contribution in [2.24, 2.45) is 0 Å². The second-order valence-corrected chi connectivity index (χ2v) is 6.77. The maximum atomic E-state index is 11.3. The summed E-state index contributed by atoms with van der Waals surface area (Å²) < 4.78 is 0. The number of hydrogen-bond donors (Lipinski definition) is 2. The zero-order valence-corrected chi connectivity index (χ0v) is 14.4. The van der Waals surface area contributed by atoms with Gasteiger partial charge < -0.3 is 10.6 Å². The van der Waals surface area contributed by atoms with Gasteiger partial charge in [0.25, 0.3) is 5.69 Å². The minimum Gasteiger partial charge on any atom is -0.384 e. The van der Waals surface area contributed by atoms with Crippen LogP contribution in [0.4, 0.5) is 17.1 Å². The average Bonchev–Trinajstić information content (AvgIpc) is 3.10. The molecule has 0 unspecified atom stereocenters. The molecule has 1 aliphatic heterocycles. The van der Waals surface area contributed by atoms with Crippen molar-refractivity contribution in [1.82, 2.24) is 0 Å². The molecule has 2 aromatic rings. The summed E-state index contributed by atoms with van der Waals surface area (Å²) in [5, 5.41) is 26.9. The van der Waals surface area contributed by atoms with Gasteiger partial charge in [0.2, 0.25) is 0 Å². The van der Waals surface area contributed by atoms with Gasteiger partial charge in [-0.05, 0) is 24.1 Å². The average molecular weight is 354 g/mol. The van der Waals surface area contributed by atoms with E-state index >= 15 is 0 Å². The molecule has 0 aromatic heterocycles. The number of rotatable bonds is 7. The lowest BCUT2D eigenvalue weighted by atomic mass is 10.1. The van der Waals surface area contributed by atoms with E-state index < -0.39 is 0 Å². The zero-order valence-electron chi connectivity index (χ0n) is 13.6. The van der Waals surface area contributed by atoms with Crippen LogP contribution in [0.5, 0.6) is 0 Å². The number of anilines is 2. The summed E-state index contributed by atoms with van der Waals surface area (Å²) in [5.41, 5.74) is 4.45. The molecule has 0 spiro atoms. The number of hydrogen-bond acceptors (Lipinski definition) is 6. The smallest absolute Gasteiger partial charge is 0.292 e. The van der Waals surface area contributed by atoms with Crippen LogP contribution >= 0.6 is 11.8 Å². The Balaban J connectivity index is 1.59. The molecule has 0 aliphatic carbocycles. The van der Waals surface area contributed by atoms with E-state index in [-0.39, 0.29) is 10.6 Å². The van der Waals surface area contributed by atoms with Crippen molar-refractivity contribution in [2.75, 3.05) is 29.5 Å². The van der Waals surface area contributed by atoms with Gasteiger partial charge >= 0.3 is 0 Å². The van der Waals surface area contributed by atoms with E-state index in [1.165, 1.54) is 0 Å². The number of nitrogens with one attached hydrogen (secondary N) is 2. The molecule has 1 heterocycles. The molecular weight excluding hydrogens is 336 g/mol. The minimum atomic E-state index is -0.336. The summed E-state index contributed by atoms with van der Waals surface area (Å²) in [6, 6.07) is 13.1. The lowest BCUT2D eigenvalue weighted by Gasteiger charge is -2.11. The van der Waals surface area contributed by atoms with Crippen molar-refractivity contribution >= 4 is 28.8 Å². The Hall–Kier alpha value is -2.72. The van der Waals surface area contributed by atoms with Crippen molar-refractivity contribution in [3.05, 3.63) is 63.2 Å². The van der Waals surface area contributed by atoms with Gasteiger partial charge in [-0.15, -0.1) is 0 Å². The van der Waals surface area contributed by atoms with E-state index in [1.807, 2.05) is 24.3 Å². The van der Waals surface area contributed by atoms with Gasteiger partial charge in [-0.3, -0.25) is 10.1 Å². The summed E-state index contributed by atoms with van der Waals surface area (Å²) in [4.78, 5) is 10.9. The third kappa shape index (κ3) is 3.86. The molecular formula is C18H18N4O2S. The number of nitro benzene ring substituents is 1.